The van der Waals surface area contributed by atoms with E-state index in [1.165, 1.54) is 27.9 Å². The largest absolute Gasteiger partial charge is 0.465 e. The molecule has 344 valence electrons. The first-order valence-electron chi connectivity index (χ1n) is 22.2. The first kappa shape index (κ1) is 48.8. The van der Waals surface area contributed by atoms with Gasteiger partial charge in [-0.15, -0.1) is 0 Å². The zero-order valence-electron chi connectivity index (χ0n) is 42.0. The molecular formula is C50H72N12O2. The predicted octanol–water partition coefficient (Wildman–Crippen LogP) is 11.5. The molecule has 0 bridgehead atoms. The molecule has 14 nitrogen and oxygen atoms in total. The van der Waals surface area contributed by atoms with Crippen LogP contribution in [0.1, 0.15) is 159 Å². The third-order valence-corrected chi connectivity index (χ3v) is 12.2. The van der Waals surface area contributed by atoms with Gasteiger partial charge in [0.15, 0.2) is 0 Å². The standard InChI is InChI=1S/C14H21N3.C13H18N2O.C12H18N4.C11H15N3O/c1-7(2)14-11-8(3)16-9(4)13(15)12(11)10(5)17(14)6;1-6(2)13-10-7(3)15-8(4)12(14)11(10)9(5)16-13;1-6(2)12-9-7(3)14-8(4)10(13)11(9)15-16(12)5;1-5(2)11-8-6(3)13-7(4)9(12)10(8)14-15-11/h7H,15H2,1-6H3;6H,14H2,1-5H3;6H,13H2,1-5H3;5H,12H2,1-4H3. The van der Waals surface area contributed by atoms with E-state index in [1.54, 1.807) is 0 Å². The van der Waals surface area contributed by atoms with E-state index in [-0.39, 0.29) is 5.92 Å². The Labute approximate surface area is 378 Å². The Morgan fingerprint density at radius 3 is 1.33 bits per heavy atom. The van der Waals surface area contributed by atoms with Crippen molar-refractivity contribution in [1.29, 1.82) is 0 Å². The molecule has 14 heteroatoms. The van der Waals surface area contributed by atoms with Gasteiger partial charge in [-0.1, -0.05) is 60.5 Å². The molecule has 0 fully saturated rings. The molecule has 0 unspecified atom stereocenters. The van der Waals surface area contributed by atoms with Gasteiger partial charge in [-0.25, -0.2) is 0 Å². The van der Waals surface area contributed by atoms with Crippen molar-refractivity contribution in [3.63, 3.8) is 0 Å². The van der Waals surface area contributed by atoms with Gasteiger partial charge in [0, 0.05) is 81.3 Å². The van der Waals surface area contributed by atoms with Crippen LogP contribution < -0.4 is 22.9 Å². The van der Waals surface area contributed by atoms with Crippen LogP contribution in [0.3, 0.4) is 0 Å². The summed E-state index contributed by atoms with van der Waals surface area (Å²) >= 11 is 0. The summed E-state index contributed by atoms with van der Waals surface area (Å²) in [4.78, 5) is 17.9. The van der Waals surface area contributed by atoms with E-state index in [4.69, 9.17) is 31.9 Å². The van der Waals surface area contributed by atoms with Gasteiger partial charge in [-0.3, -0.25) is 24.6 Å². The summed E-state index contributed by atoms with van der Waals surface area (Å²) in [6.45, 7) is 37.0. The molecule has 0 aliphatic rings. The van der Waals surface area contributed by atoms with Crippen molar-refractivity contribution in [3.05, 3.63) is 79.9 Å². The first-order chi connectivity index (χ1) is 29.7. The quantitative estimate of drug-likeness (QED) is 0.130. The van der Waals surface area contributed by atoms with Crippen LogP contribution in [0, 0.1) is 69.2 Å². The maximum absolute atomic E-state index is 6.19. The van der Waals surface area contributed by atoms with Gasteiger partial charge >= 0.3 is 0 Å². The summed E-state index contributed by atoms with van der Waals surface area (Å²) in [6, 6.07) is 0. The molecule has 8 N–H and O–H groups in total. The van der Waals surface area contributed by atoms with E-state index in [0.717, 1.165) is 107 Å². The second-order valence-electron chi connectivity index (χ2n) is 18.5. The molecule has 0 spiro atoms. The maximum Gasteiger partial charge on any atom is 0.149 e. The highest BCUT2D eigenvalue weighted by molar-refractivity contribution is 6.00. The van der Waals surface area contributed by atoms with Gasteiger partial charge in [-0.2, -0.15) is 5.10 Å². The fourth-order valence-electron chi connectivity index (χ4n) is 9.00. The van der Waals surface area contributed by atoms with Crippen LogP contribution in [0.25, 0.3) is 43.4 Å². The second-order valence-corrected chi connectivity index (χ2v) is 18.5. The highest BCUT2D eigenvalue weighted by atomic mass is 16.5. The van der Waals surface area contributed by atoms with Gasteiger partial charge in [0.2, 0.25) is 0 Å². The maximum atomic E-state index is 6.19. The minimum absolute atomic E-state index is 0.289. The van der Waals surface area contributed by atoms with Crippen LogP contribution in [0.4, 0.5) is 22.7 Å². The van der Waals surface area contributed by atoms with Crippen molar-refractivity contribution in [2.24, 2.45) is 14.1 Å². The van der Waals surface area contributed by atoms with Crippen LogP contribution in [0.5, 0.6) is 0 Å². The minimum atomic E-state index is 0.289. The predicted molar refractivity (Wildman–Crippen MR) is 266 cm³/mol. The lowest BCUT2D eigenvalue weighted by molar-refractivity contribution is 0.379. The molecule has 8 heterocycles. The Morgan fingerprint density at radius 1 is 0.422 bits per heavy atom. The number of nitrogens with two attached hydrogens (primary N) is 4. The third kappa shape index (κ3) is 8.70. The van der Waals surface area contributed by atoms with Crippen molar-refractivity contribution < 1.29 is 8.94 Å². The topological polar surface area (TPSA) is 218 Å². The van der Waals surface area contributed by atoms with Gasteiger partial charge in [-0.05, 0) is 81.1 Å². The first-order valence-corrected chi connectivity index (χ1v) is 22.2. The van der Waals surface area contributed by atoms with Crippen molar-refractivity contribution in [3.8, 4) is 0 Å². The van der Waals surface area contributed by atoms with Crippen molar-refractivity contribution in [2.75, 3.05) is 22.9 Å². The highest BCUT2D eigenvalue weighted by Gasteiger charge is 2.23. The van der Waals surface area contributed by atoms with E-state index in [9.17, 15) is 0 Å². The molecule has 8 aromatic rings. The number of furan rings is 1. The highest BCUT2D eigenvalue weighted by Crippen LogP contribution is 2.38. The summed E-state index contributed by atoms with van der Waals surface area (Å²) < 4.78 is 15.3. The van der Waals surface area contributed by atoms with Gasteiger partial charge in [0.25, 0.3) is 0 Å². The number of aromatic nitrogens is 8. The zero-order chi connectivity index (χ0) is 48.1. The second kappa shape index (κ2) is 18.5. The number of pyridine rings is 4. The Hall–Kier alpha value is -6.18. The van der Waals surface area contributed by atoms with Crippen molar-refractivity contribution in [2.45, 2.75) is 148 Å². The summed E-state index contributed by atoms with van der Waals surface area (Å²) in [5.41, 5.74) is 40.0. The number of anilines is 4. The number of hydrogen-bond donors (Lipinski definition) is 4. The fraction of sp³-hybridized carbons (Fsp3) is 0.480. The monoisotopic (exact) mass is 873 g/mol. The Balaban J connectivity index is 0.000000161. The molecule has 0 aliphatic carbocycles. The van der Waals surface area contributed by atoms with E-state index in [0.29, 0.717) is 29.1 Å². The molecule has 8 rings (SSSR count). The van der Waals surface area contributed by atoms with Crippen LogP contribution >= 0.6 is 0 Å². The molecule has 0 aliphatic heterocycles. The number of rotatable bonds is 4. The number of nitrogens with zero attached hydrogens (tertiary/aromatic N) is 8. The molecule has 0 amide bonds. The minimum Gasteiger partial charge on any atom is -0.465 e. The zero-order valence-corrected chi connectivity index (χ0v) is 42.0. The molecule has 64 heavy (non-hydrogen) atoms. The number of aryl methyl sites for hydroxylation is 11. The molecule has 0 aromatic carbocycles. The average Bonchev–Trinajstić information content (AvgIpc) is 3.97. The lowest BCUT2D eigenvalue weighted by atomic mass is 10.0. The Morgan fingerprint density at radius 2 is 0.844 bits per heavy atom. The Bertz CT molecular complexity index is 3020. The summed E-state index contributed by atoms with van der Waals surface area (Å²) in [7, 11) is 4.07. The lowest BCUT2D eigenvalue weighted by Crippen LogP contribution is -2.00. The lowest BCUT2D eigenvalue weighted by Gasteiger charge is -2.10. The number of nitrogen functional groups attached to an aromatic ring is 4. The molecule has 8 aromatic heterocycles. The molecule has 0 saturated heterocycles. The normalized spacial score (nSPS) is 11.6. The van der Waals surface area contributed by atoms with Gasteiger partial charge < -0.3 is 36.4 Å². The third-order valence-electron chi connectivity index (χ3n) is 12.2. The molecule has 0 radical (unpaired) electrons. The van der Waals surface area contributed by atoms with E-state index in [1.807, 2.05) is 67.1 Å². The van der Waals surface area contributed by atoms with Crippen LogP contribution in [-0.2, 0) is 14.1 Å². The Kier molecular flexibility index (Phi) is 14.1. The summed E-state index contributed by atoms with van der Waals surface area (Å²) in [5, 5.41) is 15.2. The van der Waals surface area contributed by atoms with Gasteiger partial charge in [0.1, 0.15) is 28.3 Å². The number of fused-ring (bicyclic) bond motifs is 4. The smallest absolute Gasteiger partial charge is 0.149 e. The molecule has 0 saturated carbocycles. The fourth-order valence-corrected chi connectivity index (χ4v) is 9.00. The van der Waals surface area contributed by atoms with Crippen LogP contribution in [-0.4, -0.2) is 39.4 Å². The van der Waals surface area contributed by atoms with E-state index in [2.05, 4.69) is 111 Å². The van der Waals surface area contributed by atoms with E-state index < -0.39 is 0 Å². The van der Waals surface area contributed by atoms with Crippen molar-refractivity contribution in [1.82, 2.24) is 39.4 Å². The SMILES string of the molecule is Cc1nc(C)c2c(C(C)C)n(C)c(C)c2c1N.Cc1nc(C)c2c(C(C)C)n(C)nc2c1N.Cc1nc(C)c2c(C(C)C)oc(C)c2c1N.Cc1nc(C)c2c(C(C)C)onc2c1N. The summed E-state index contributed by atoms with van der Waals surface area (Å²) in [5.74, 6) is 4.27. The van der Waals surface area contributed by atoms with Crippen LogP contribution in [0.15, 0.2) is 8.94 Å². The molecule has 0 atom stereocenters. The summed E-state index contributed by atoms with van der Waals surface area (Å²) in [6.07, 6.45) is 0. The average molecular weight is 873 g/mol. The van der Waals surface area contributed by atoms with Gasteiger partial charge in [0.05, 0.1) is 62.3 Å². The van der Waals surface area contributed by atoms with Crippen molar-refractivity contribution >= 4 is 66.1 Å². The van der Waals surface area contributed by atoms with E-state index >= 15 is 0 Å². The van der Waals surface area contributed by atoms with Crippen LogP contribution in [0.2, 0.25) is 0 Å². The number of hydrogen-bond acceptors (Lipinski definition) is 12. The molecular weight excluding hydrogens is 801 g/mol.